The molecule has 0 fully saturated rings. The molecule has 0 bridgehead atoms. The molecule has 0 aliphatic rings. The Morgan fingerprint density at radius 1 is 1.04 bits per heavy atom. The zero-order valence-corrected chi connectivity index (χ0v) is 14.6. The summed E-state index contributed by atoms with van der Waals surface area (Å²) in [6.45, 7) is 1.78. The molecule has 0 spiro atoms. The summed E-state index contributed by atoms with van der Waals surface area (Å²) in [5, 5.41) is 4.19. The molecule has 4 nitrogen and oxygen atoms in total. The minimum Gasteiger partial charge on any atom is -0.312 e. The number of hydrogen-bond donors (Lipinski definition) is 0. The second kappa shape index (κ2) is 9.25. The second-order valence-electron chi connectivity index (χ2n) is 4.74. The highest BCUT2D eigenvalue weighted by atomic mass is 35.5. The molecule has 0 N–H and O–H groups in total. The van der Waals surface area contributed by atoms with Crippen LogP contribution in [0.1, 0.15) is 34.1 Å². The third-order valence-electron chi connectivity index (χ3n) is 3.18. The maximum atomic E-state index is 12.4. The van der Waals surface area contributed by atoms with Crippen LogP contribution < -0.4 is 0 Å². The second-order valence-corrected chi connectivity index (χ2v) is 6.38. The zero-order chi connectivity index (χ0) is 17.4. The Morgan fingerprint density at radius 2 is 1.71 bits per heavy atom. The molecule has 0 aliphatic carbocycles. The number of alkyl halides is 1. The number of carbonyl (C=O) groups excluding carboxylic acids is 2. The van der Waals surface area contributed by atoms with Gasteiger partial charge in [0.25, 0.3) is 0 Å². The van der Waals surface area contributed by atoms with Gasteiger partial charge in [0, 0.05) is 10.5 Å². The Hall–Kier alpha value is -2.11. The fraction of sp³-hybridized carbons (Fsp3) is 0.167. The Kier molecular flexibility index (Phi) is 7.03. The van der Waals surface area contributed by atoms with Crippen LogP contribution in [0.15, 0.2) is 64.6 Å². The first-order valence-electron chi connectivity index (χ1n) is 7.32. The van der Waals surface area contributed by atoms with E-state index in [1.807, 2.05) is 12.1 Å². The van der Waals surface area contributed by atoms with Crippen LogP contribution in [0.3, 0.4) is 0 Å². The van der Waals surface area contributed by atoms with Crippen LogP contribution in [0.4, 0.5) is 0 Å². The topological polar surface area (TPSA) is 55.7 Å². The van der Waals surface area contributed by atoms with E-state index in [1.165, 1.54) is 11.8 Å². The fourth-order valence-electron chi connectivity index (χ4n) is 1.92. The molecule has 0 amide bonds. The Labute approximate surface area is 149 Å². The van der Waals surface area contributed by atoms with E-state index in [0.29, 0.717) is 22.8 Å². The summed E-state index contributed by atoms with van der Waals surface area (Å²) in [5.41, 5.74) is 1.06. The summed E-state index contributed by atoms with van der Waals surface area (Å²) in [5.74, 6) is -0.857. The van der Waals surface area contributed by atoms with Gasteiger partial charge in [0.05, 0.1) is 10.8 Å². The van der Waals surface area contributed by atoms with Gasteiger partial charge >= 0.3 is 5.97 Å². The molecule has 0 radical (unpaired) electrons. The lowest BCUT2D eigenvalue weighted by Crippen LogP contribution is -2.15. The Morgan fingerprint density at radius 3 is 2.29 bits per heavy atom. The van der Waals surface area contributed by atoms with Crippen molar-refractivity contribution < 1.29 is 14.4 Å². The van der Waals surface area contributed by atoms with Crippen LogP contribution in [-0.4, -0.2) is 22.7 Å². The number of thioether (sulfide) groups is 1. The van der Waals surface area contributed by atoms with Gasteiger partial charge in [-0.3, -0.25) is 4.79 Å². The lowest BCUT2D eigenvalue weighted by Gasteiger charge is -2.04. The molecule has 124 valence electrons. The number of benzene rings is 2. The minimum atomic E-state index is -0.594. The maximum absolute atomic E-state index is 12.4. The number of rotatable bonds is 7. The predicted molar refractivity (Wildman–Crippen MR) is 96.9 cm³/mol. The van der Waals surface area contributed by atoms with E-state index in [4.69, 9.17) is 16.4 Å². The van der Waals surface area contributed by atoms with Crippen molar-refractivity contribution >= 4 is 40.8 Å². The number of Topliss-reactive ketones (excluding diaryl/α,β-unsaturated/α-hetero) is 1. The van der Waals surface area contributed by atoms with Gasteiger partial charge in [-0.15, -0.1) is 23.4 Å². The van der Waals surface area contributed by atoms with Gasteiger partial charge in [-0.05, 0) is 42.8 Å². The number of ketones is 1. The Bertz CT molecular complexity index is 730. The molecule has 0 saturated carbocycles. The van der Waals surface area contributed by atoms with Crippen LogP contribution in [0.25, 0.3) is 0 Å². The molecule has 0 aromatic heterocycles. The van der Waals surface area contributed by atoms with Crippen molar-refractivity contribution in [1.82, 2.24) is 0 Å². The van der Waals surface area contributed by atoms with E-state index in [-0.39, 0.29) is 11.5 Å². The number of carbonyl (C=O) groups is 2. The van der Waals surface area contributed by atoms with Gasteiger partial charge in [0.15, 0.2) is 0 Å². The first-order valence-corrected chi connectivity index (χ1v) is 8.84. The van der Waals surface area contributed by atoms with Crippen LogP contribution in [0.2, 0.25) is 0 Å². The molecule has 2 aromatic carbocycles. The minimum absolute atomic E-state index is 0.192. The van der Waals surface area contributed by atoms with Crippen molar-refractivity contribution in [3.63, 3.8) is 0 Å². The van der Waals surface area contributed by atoms with E-state index in [2.05, 4.69) is 5.16 Å². The first-order chi connectivity index (χ1) is 11.7. The average molecular weight is 362 g/mol. The predicted octanol–water partition coefficient (Wildman–Crippen LogP) is 4.78. The third kappa shape index (κ3) is 4.94. The van der Waals surface area contributed by atoms with Crippen LogP contribution >= 0.6 is 23.4 Å². The monoisotopic (exact) mass is 361 g/mol. The largest absolute Gasteiger partial charge is 0.365 e. The quantitative estimate of drug-likeness (QED) is 0.178. The average Bonchev–Trinajstić information content (AvgIpc) is 2.63. The summed E-state index contributed by atoms with van der Waals surface area (Å²) < 4.78 is 0. The lowest BCUT2D eigenvalue weighted by atomic mass is 10.1. The van der Waals surface area contributed by atoms with Crippen molar-refractivity contribution in [2.45, 2.75) is 18.2 Å². The van der Waals surface area contributed by atoms with Gasteiger partial charge in [0.1, 0.15) is 5.71 Å². The van der Waals surface area contributed by atoms with Gasteiger partial charge < -0.3 is 4.84 Å². The number of hydrogen-bond acceptors (Lipinski definition) is 5. The van der Waals surface area contributed by atoms with Gasteiger partial charge in [-0.25, -0.2) is 4.79 Å². The SMILES string of the molecule is CCC(=NOC(=O)c1ccccc1)C(=O)c1ccc(SCCl)cc1. The summed E-state index contributed by atoms with van der Waals surface area (Å²) in [7, 11) is 0. The van der Waals surface area contributed by atoms with E-state index < -0.39 is 5.97 Å². The van der Waals surface area contributed by atoms with Crippen molar-refractivity contribution in [1.29, 1.82) is 0 Å². The normalized spacial score (nSPS) is 11.2. The van der Waals surface area contributed by atoms with Crippen molar-refractivity contribution in [2.24, 2.45) is 5.16 Å². The maximum Gasteiger partial charge on any atom is 0.365 e. The third-order valence-corrected chi connectivity index (χ3v) is 4.22. The smallest absolute Gasteiger partial charge is 0.312 e. The summed E-state index contributed by atoms with van der Waals surface area (Å²) in [6, 6.07) is 15.6. The molecule has 6 heteroatoms. The van der Waals surface area contributed by atoms with E-state index >= 15 is 0 Å². The molecule has 2 rings (SSSR count). The molecule has 0 atom stereocenters. The van der Waals surface area contributed by atoms with E-state index in [9.17, 15) is 9.59 Å². The van der Waals surface area contributed by atoms with Gasteiger partial charge in [-0.2, -0.15) is 0 Å². The lowest BCUT2D eigenvalue weighted by molar-refractivity contribution is 0.0515. The Balaban J connectivity index is 2.09. The molecule has 0 unspecified atom stereocenters. The molecule has 24 heavy (non-hydrogen) atoms. The molecular weight excluding hydrogens is 346 g/mol. The molecule has 0 saturated heterocycles. The highest BCUT2D eigenvalue weighted by molar-refractivity contribution is 8.00. The molecule has 2 aromatic rings. The summed E-state index contributed by atoms with van der Waals surface area (Å²) in [6.07, 6.45) is 0.360. The van der Waals surface area contributed by atoms with Gasteiger partial charge in [-0.1, -0.05) is 30.3 Å². The number of nitrogens with zero attached hydrogens (tertiary/aromatic N) is 1. The van der Waals surface area contributed by atoms with Crippen molar-refractivity contribution in [2.75, 3.05) is 5.21 Å². The van der Waals surface area contributed by atoms with Crippen molar-refractivity contribution in [3.05, 3.63) is 65.7 Å². The fourth-order valence-corrected chi connectivity index (χ4v) is 2.75. The van der Waals surface area contributed by atoms with E-state index in [1.54, 1.807) is 49.4 Å². The van der Waals surface area contributed by atoms with Gasteiger partial charge in [0.2, 0.25) is 5.78 Å². The van der Waals surface area contributed by atoms with Crippen LogP contribution in [0.5, 0.6) is 0 Å². The number of oxime groups is 1. The summed E-state index contributed by atoms with van der Waals surface area (Å²) >= 11 is 7.14. The number of halogens is 1. The standard InChI is InChI=1S/C18H16ClNO3S/c1-2-16(20-23-18(22)14-6-4-3-5-7-14)17(21)13-8-10-15(11-9-13)24-12-19/h3-11H,2,12H2,1H3. The first kappa shape index (κ1) is 18.2. The molecular formula is C18H16ClNO3S. The summed E-state index contributed by atoms with van der Waals surface area (Å²) in [4.78, 5) is 30.2. The van der Waals surface area contributed by atoms with E-state index in [0.717, 1.165) is 4.90 Å². The zero-order valence-electron chi connectivity index (χ0n) is 13.1. The van der Waals surface area contributed by atoms with Crippen molar-refractivity contribution in [3.8, 4) is 0 Å². The van der Waals surface area contributed by atoms with Crippen LogP contribution in [0, 0.1) is 0 Å². The highest BCUT2D eigenvalue weighted by Crippen LogP contribution is 2.19. The van der Waals surface area contributed by atoms with Crippen LogP contribution in [-0.2, 0) is 4.84 Å². The molecule has 0 heterocycles. The molecule has 0 aliphatic heterocycles. The highest BCUT2D eigenvalue weighted by Gasteiger charge is 2.15.